The van der Waals surface area contributed by atoms with Crippen LogP contribution >= 0.6 is 11.6 Å². The number of benzene rings is 1. The largest absolute Gasteiger partial charge is 0.398 e. The van der Waals surface area contributed by atoms with Crippen LogP contribution in [0.3, 0.4) is 0 Å². The maximum atomic E-state index is 12.8. The van der Waals surface area contributed by atoms with Crippen LogP contribution in [-0.4, -0.2) is 50.8 Å². The topological polar surface area (TPSA) is 66.6 Å². The first kappa shape index (κ1) is 16.5. The van der Waals surface area contributed by atoms with Crippen LogP contribution in [0.15, 0.2) is 17.0 Å². The maximum Gasteiger partial charge on any atom is 0.243 e. The summed E-state index contributed by atoms with van der Waals surface area (Å²) in [6, 6.07) is 3.50. The Hall–Kier alpha value is -0.820. The number of anilines is 1. The number of nitrogen functional groups attached to an aromatic ring is 1. The van der Waals surface area contributed by atoms with Crippen LogP contribution < -0.4 is 5.73 Å². The monoisotopic (exact) mass is 331 g/mol. The Balaban J connectivity index is 2.28. The van der Waals surface area contributed by atoms with E-state index < -0.39 is 10.0 Å². The summed E-state index contributed by atoms with van der Waals surface area (Å²) in [6.07, 6.45) is 1.67. The Kier molecular flexibility index (Phi) is 4.82. The first-order valence-electron chi connectivity index (χ1n) is 6.95. The molecule has 1 aliphatic rings. The fraction of sp³-hybridized carbons (Fsp3) is 0.571. The molecular weight excluding hydrogens is 310 g/mol. The minimum Gasteiger partial charge on any atom is -0.398 e. The Bertz CT molecular complexity index is 623. The zero-order valence-corrected chi connectivity index (χ0v) is 14.2. The highest BCUT2D eigenvalue weighted by molar-refractivity contribution is 7.89. The molecule has 0 atom stereocenters. The van der Waals surface area contributed by atoms with E-state index in [-0.39, 0.29) is 4.90 Å². The lowest BCUT2D eigenvalue weighted by molar-refractivity contribution is 0.196. The summed E-state index contributed by atoms with van der Waals surface area (Å²) in [6.45, 7) is 2.76. The molecule has 21 heavy (non-hydrogen) atoms. The minimum atomic E-state index is -3.54. The molecule has 1 aromatic rings. The zero-order valence-electron chi connectivity index (χ0n) is 12.6. The van der Waals surface area contributed by atoms with Crippen LogP contribution in [0.5, 0.6) is 0 Å². The third kappa shape index (κ3) is 3.34. The van der Waals surface area contributed by atoms with E-state index in [1.807, 2.05) is 14.1 Å². The van der Waals surface area contributed by atoms with Crippen molar-refractivity contribution < 1.29 is 8.42 Å². The lowest BCUT2D eigenvalue weighted by Gasteiger charge is -2.34. The summed E-state index contributed by atoms with van der Waals surface area (Å²) < 4.78 is 27.1. The molecule has 1 fully saturated rings. The van der Waals surface area contributed by atoms with Crippen molar-refractivity contribution in [2.24, 2.45) is 0 Å². The van der Waals surface area contributed by atoms with Gasteiger partial charge in [0.25, 0.3) is 0 Å². The summed E-state index contributed by atoms with van der Waals surface area (Å²) in [5, 5.41) is 0.347. The van der Waals surface area contributed by atoms with Gasteiger partial charge in [0, 0.05) is 29.8 Å². The third-order valence-electron chi connectivity index (χ3n) is 4.14. The quantitative estimate of drug-likeness (QED) is 0.860. The predicted molar refractivity (Wildman–Crippen MR) is 86.1 cm³/mol. The number of nitrogens with two attached hydrogens (primary N) is 1. The highest BCUT2D eigenvalue weighted by Crippen LogP contribution is 2.30. The van der Waals surface area contributed by atoms with Crippen LogP contribution in [0.2, 0.25) is 5.02 Å². The van der Waals surface area contributed by atoms with E-state index in [1.165, 1.54) is 10.4 Å². The highest BCUT2D eigenvalue weighted by atomic mass is 35.5. The molecule has 2 rings (SSSR count). The van der Waals surface area contributed by atoms with Gasteiger partial charge in [-0.05, 0) is 51.6 Å². The van der Waals surface area contributed by atoms with E-state index in [2.05, 4.69) is 4.90 Å². The first-order valence-corrected chi connectivity index (χ1v) is 8.77. The van der Waals surface area contributed by atoms with E-state index in [9.17, 15) is 8.42 Å². The fourth-order valence-corrected chi connectivity index (χ4v) is 4.72. The van der Waals surface area contributed by atoms with Crippen molar-refractivity contribution in [1.82, 2.24) is 9.21 Å². The lowest BCUT2D eigenvalue weighted by Crippen LogP contribution is -2.44. The maximum absolute atomic E-state index is 12.8. The smallest absolute Gasteiger partial charge is 0.243 e. The number of rotatable bonds is 3. The van der Waals surface area contributed by atoms with Gasteiger partial charge in [-0.25, -0.2) is 8.42 Å². The number of halogens is 1. The SMILES string of the molecule is Cc1c(N)cc(Cl)cc1S(=O)(=O)N1CCC(N(C)C)CC1. The first-order chi connectivity index (χ1) is 9.73. The summed E-state index contributed by atoms with van der Waals surface area (Å²) >= 11 is 5.96. The van der Waals surface area contributed by atoms with Gasteiger partial charge < -0.3 is 10.6 Å². The van der Waals surface area contributed by atoms with Crippen molar-refractivity contribution >= 4 is 27.3 Å². The van der Waals surface area contributed by atoms with Gasteiger partial charge in [0.05, 0.1) is 4.90 Å². The average molecular weight is 332 g/mol. The third-order valence-corrected chi connectivity index (χ3v) is 6.38. The van der Waals surface area contributed by atoms with Gasteiger partial charge in [-0.2, -0.15) is 4.31 Å². The second-order valence-corrected chi connectivity index (χ2v) is 8.06. The molecule has 1 heterocycles. The lowest BCUT2D eigenvalue weighted by atomic mass is 10.1. The molecule has 0 spiro atoms. The number of piperidine rings is 1. The van der Waals surface area contributed by atoms with E-state index in [1.54, 1.807) is 13.0 Å². The molecule has 118 valence electrons. The summed E-state index contributed by atoms with van der Waals surface area (Å²) in [7, 11) is 0.512. The van der Waals surface area contributed by atoms with Gasteiger partial charge in [0.1, 0.15) is 0 Å². The fourth-order valence-electron chi connectivity index (χ4n) is 2.68. The number of sulfonamides is 1. The molecule has 1 aliphatic heterocycles. The van der Waals surface area contributed by atoms with Gasteiger partial charge >= 0.3 is 0 Å². The molecule has 0 saturated carbocycles. The molecule has 7 heteroatoms. The molecule has 1 saturated heterocycles. The van der Waals surface area contributed by atoms with E-state index in [0.29, 0.717) is 35.4 Å². The van der Waals surface area contributed by atoms with Crippen LogP contribution in [0.1, 0.15) is 18.4 Å². The molecule has 1 aromatic carbocycles. The number of nitrogens with zero attached hydrogens (tertiary/aromatic N) is 2. The molecule has 0 bridgehead atoms. The predicted octanol–water partition coefficient (Wildman–Crippen LogP) is 1.95. The summed E-state index contributed by atoms with van der Waals surface area (Å²) in [4.78, 5) is 2.36. The summed E-state index contributed by atoms with van der Waals surface area (Å²) in [5.41, 5.74) is 6.81. The standard InChI is InChI=1S/C14H22ClN3O2S/c1-10-13(16)8-11(15)9-14(10)21(19,20)18-6-4-12(5-7-18)17(2)3/h8-9,12H,4-7,16H2,1-3H3. The van der Waals surface area contributed by atoms with Crippen LogP contribution in [0.4, 0.5) is 5.69 Å². The normalized spacial score (nSPS) is 18.3. The zero-order chi connectivity index (χ0) is 15.8. The summed E-state index contributed by atoms with van der Waals surface area (Å²) in [5.74, 6) is 0. The van der Waals surface area contributed by atoms with Gasteiger partial charge in [-0.15, -0.1) is 0 Å². The van der Waals surface area contributed by atoms with E-state index >= 15 is 0 Å². The number of hydrogen-bond donors (Lipinski definition) is 1. The number of hydrogen-bond acceptors (Lipinski definition) is 4. The van der Waals surface area contributed by atoms with Gasteiger partial charge in [0.2, 0.25) is 10.0 Å². The van der Waals surface area contributed by atoms with Crippen LogP contribution in [0, 0.1) is 6.92 Å². The van der Waals surface area contributed by atoms with Gasteiger partial charge in [-0.3, -0.25) is 0 Å². The van der Waals surface area contributed by atoms with Crippen molar-refractivity contribution in [3.63, 3.8) is 0 Å². The Morgan fingerprint density at radius 1 is 1.29 bits per heavy atom. The van der Waals surface area contributed by atoms with Crippen molar-refractivity contribution in [2.75, 3.05) is 32.9 Å². The molecule has 0 aromatic heterocycles. The van der Waals surface area contributed by atoms with Crippen molar-refractivity contribution in [2.45, 2.75) is 30.7 Å². The molecular formula is C14H22ClN3O2S. The van der Waals surface area contributed by atoms with Crippen molar-refractivity contribution in [1.29, 1.82) is 0 Å². The highest BCUT2D eigenvalue weighted by Gasteiger charge is 2.31. The molecule has 0 aliphatic carbocycles. The minimum absolute atomic E-state index is 0.218. The second kappa shape index (κ2) is 6.12. The van der Waals surface area contributed by atoms with Crippen molar-refractivity contribution in [3.05, 3.63) is 22.7 Å². The van der Waals surface area contributed by atoms with Gasteiger partial charge in [0.15, 0.2) is 0 Å². The van der Waals surface area contributed by atoms with E-state index in [0.717, 1.165) is 12.8 Å². The van der Waals surface area contributed by atoms with Crippen molar-refractivity contribution in [3.8, 4) is 0 Å². The molecule has 0 unspecified atom stereocenters. The molecule has 5 nitrogen and oxygen atoms in total. The Morgan fingerprint density at radius 3 is 2.38 bits per heavy atom. The molecule has 0 radical (unpaired) electrons. The Labute approximate surface area is 131 Å². The molecule has 0 amide bonds. The van der Waals surface area contributed by atoms with Crippen LogP contribution in [-0.2, 0) is 10.0 Å². The Morgan fingerprint density at radius 2 is 1.86 bits per heavy atom. The molecule has 2 N–H and O–H groups in total. The van der Waals surface area contributed by atoms with Crippen LogP contribution in [0.25, 0.3) is 0 Å². The second-order valence-electron chi connectivity index (χ2n) is 5.72. The van der Waals surface area contributed by atoms with E-state index in [4.69, 9.17) is 17.3 Å². The van der Waals surface area contributed by atoms with Gasteiger partial charge in [-0.1, -0.05) is 11.6 Å². The average Bonchev–Trinajstić information content (AvgIpc) is 2.42.